The molecular weight excluding hydrogens is 580 g/mol. The molecule has 0 aromatic heterocycles. The largest absolute Gasteiger partial charge is 2.00 e. The van der Waals surface area contributed by atoms with Crippen LogP contribution in [0.4, 0.5) is 0 Å². The van der Waals surface area contributed by atoms with Crippen molar-refractivity contribution >= 4 is 23.7 Å². The summed E-state index contributed by atoms with van der Waals surface area (Å²) in [6.07, 6.45) is 36.4. The normalized spacial score (nSPS) is 19.8. The molecule has 0 aromatic carbocycles. The number of rotatable bonds is 8. The van der Waals surface area contributed by atoms with Crippen LogP contribution in [0.3, 0.4) is 0 Å². The van der Waals surface area contributed by atoms with Gasteiger partial charge in [0.15, 0.2) is 0 Å². The summed E-state index contributed by atoms with van der Waals surface area (Å²) in [7, 11) is 0. The summed E-state index contributed by atoms with van der Waals surface area (Å²) in [5.74, 6) is -0.118. The Labute approximate surface area is 260 Å². The molecule has 0 unspecified atom stereocenters. The molecule has 4 aliphatic rings. The van der Waals surface area contributed by atoms with Crippen molar-refractivity contribution in [2.24, 2.45) is 0 Å². The summed E-state index contributed by atoms with van der Waals surface area (Å²) in [5, 5.41) is 0.239. The average Bonchev–Trinajstić information content (AvgIpc) is 3.73. The molecule has 20 radical (unpaired) electrons. The Balaban J connectivity index is 0.000000998. The molecule has 4 saturated carbocycles. The Bertz CT molecular complexity index is 706. The summed E-state index contributed by atoms with van der Waals surface area (Å²) in [4.78, 5) is 25.4. The average molecular weight is 613 g/mol. The molecule has 4 rings (SSSR count). The van der Waals surface area contributed by atoms with Gasteiger partial charge in [-0.15, -0.1) is 11.8 Å². The predicted molar refractivity (Wildman–Crippen MR) is 146 cm³/mol. The van der Waals surface area contributed by atoms with Gasteiger partial charge in [-0.1, -0.05) is 0 Å². The van der Waals surface area contributed by atoms with Crippen LogP contribution < -0.4 is 0 Å². The van der Waals surface area contributed by atoms with Gasteiger partial charge in [0, 0.05) is 11.8 Å². The van der Waals surface area contributed by atoms with Gasteiger partial charge in [-0.05, 0) is 152 Å². The molecule has 0 heterocycles. The molecule has 4 fully saturated rings. The molecule has 38 heavy (non-hydrogen) atoms. The van der Waals surface area contributed by atoms with E-state index in [-0.39, 0.29) is 58.3 Å². The van der Waals surface area contributed by atoms with Crippen LogP contribution in [0.1, 0.15) is 15.2 Å². The number of hydrogen-bond donors (Lipinski definition) is 0. The van der Waals surface area contributed by atoms with E-state index >= 15 is 0 Å². The van der Waals surface area contributed by atoms with Crippen LogP contribution in [-0.4, -0.2) is 31.4 Å². The van der Waals surface area contributed by atoms with E-state index in [0.717, 1.165) is 5.92 Å². The standard InChI is InChI=1S/C21H22O4S.2C5H5.2Fe/c1-4-24-20(22)19(21(23)25-5-2)18(16-12-8-9-13-16)17(14-26-3)15-10-6-7-11-15;2*1-2-4-5-3-1;;/h6-14H,4-5H2,1-3H3;2*1-5H;;/q;;;2*+2/b17-14+;;;;/i14D;;;;. The molecule has 7 heteroatoms. The molecular formula is C31H32Fe2O4S+4. The minimum absolute atomic E-state index is 0. The fraction of sp³-hybridized carbons (Fsp3) is 0.161. The van der Waals surface area contributed by atoms with Crippen molar-refractivity contribution in [3.63, 3.8) is 0 Å². The van der Waals surface area contributed by atoms with Crippen molar-refractivity contribution in [3.05, 3.63) is 150 Å². The minimum Gasteiger partial charge on any atom is -0.462 e. The van der Waals surface area contributed by atoms with Crippen LogP contribution in [0.2, 0.25) is 0 Å². The Morgan fingerprint density at radius 3 is 1.34 bits per heavy atom. The second-order valence-corrected chi connectivity index (χ2v) is 7.76. The third kappa shape index (κ3) is 13.4. The number of esters is 2. The van der Waals surface area contributed by atoms with Crippen LogP contribution in [0.15, 0.2) is 22.1 Å². The first kappa shape index (κ1) is 35.8. The van der Waals surface area contributed by atoms with Crippen LogP contribution in [0, 0.1) is 127 Å². The number of ether oxygens (including phenoxy) is 2. The van der Waals surface area contributed by atoms with E-state index in [0.29, 0.717) is 17.1 Å². The van der Waals surface area contributed by atoms with Crippen molar-refractivity contribution in [1.29, 1.82) is 0 Å². The van der Waals surface area contributed by atoms with Crippen molar-refractivity contribution in [3.8, 4) is 0 Å². The summed E-state index contributed by atoms with van der Waals surface area (Å²) < 4.78 is 18.8. The molecule has 198 valence electrons. The molecule has 4 aliphatic carbocycles. The van der Waals surface area contributed by atoms with Gasteiger partial charge in [0.25, 0.3) is 0 Å². The zero-order valence-electron chi connectivity index (χ0n) is 22.6. The smallest absolute Gasteiger partial charge is 0.462 e. The monoisotopic (exact) mass is 613 g/mol. The van der Waals surface area contributed by atoms with E-state index in [4.69, 9.17) is 10.8 Å². The number of hydrogen-bond acceptors (Lipinski definition) is 5. The Hall–Kier alpha value is -0.191. The second-order valence-electron chi connectivity index (χ2n) is 7.14. The first-order chi connectivity index (χ1) is 18.0. The molecule has 0 saturated heterocycles. The number of carbonyl (C=O) groups is 2. The maximum absolute atomic E-state index is 12.7. The summed E-state index contributed by atoms with van der Waals surface area (Å²) in [6, 6.07) is 0. The number of carbonyl (C=O) groups excluding carboxylic acids is 2. The number of thioether (sulfide) groups is 1. The molecule has 0 spiro atoms. The van der Waals surface area contributed by atoms with E-state index in [9.17, 15) is 9.59 Å². The van der Waals surface area contributed by atoms with E-state index in [1.54, 1.807) is 32.9 Å². The van der Waals surface area contributed by atoms with Crippen LogP contribution in [-0.2, 0) is 53.2 Å². The van der Waals surface area contributed by atoms with Gasteiger partial charge in [0.1, 0.15) is 5.57 Å². The van der Waals surface area contributed by atoms with Gasteiger partial charge < -0.3 is 9.47 Å². The van der Waals surface area contributed by atoms with Gasteiger partial charge in [-0.25, -0.2) is 9.59 Å². The Morgan fingerprint density at radius 1 is 0.684 bits per heavy atom. The minimum atomic E-state index is -0.759. The van der Waals surface area contributed by atoms with Crippen molar-refractivity contribution in [1.82, 2.24) is 0 Å². The van der Waals surface area contributed by atoms with Gasteiger partial charge in [-0.2, -0.15) is 0 Å². The van der Waals surface area contributed by atoms with Gasteiger partial charge in [0.2, 0.25) is 0 Å². The maximum atomic E-state index is 12.7. The first-order valence-electron chi connectivity index (χ1n) is 12.2. The zero-order chi connectivity index (χ0) is 26.9. The third-order valence-electron chi connectivity index (χ3n) is 4.68. The molecule has 0 aromatic rings. The summed E-state index contributed by atoms with van der Waals surface area (Å²) >= 11 is 1.23. The molecule has 0 N–H and O–H groups in total. The zero-order valence-corrected chi connectivity index (χ0v) is 24.6. The molecule has 0 aliphatic heterocycles. The molecule has 0 bridgehead atoms. The topological polar surface area (TPSA) is 52.6 Å². The van der Waals surface area contributed by atoms with Crippen molar-refractivity contribution in [2.75, 3.05) is 19.5 Å². The molecule has 0 atom stereocenters. The SMILES string of the molecule is [2H]/C(SC)=C(/[C]1[CH][CH][CH][CH]1)C([C]1[CH][CH][CH][CH]1)=C(C(=O)OCC)C(=O)OCC.[CH]1[CH][CH][CH][CH]1.[CH]1[CH][CH][CH][CH]1.[Fe+2].[Fe+2]. The fourth-order valence-corrected chi connectivity index (χ4v) is 3.61. The van der Waals surface area contributed by atoms with Crippen LogP contribution in [0.5, 0.6) is 0 Å². The molecule has 0 amide bonds. The quantitative estimate of drug-likeness (QED) is 0.0904. The van der Waals surface area contributed by atoms with E-state index in [1.807, 2.05) is 103 Å². The van der Waals surface area contributed by atoms with Gasteiger partial charge in [0.05, 0.1) is 14.6 Å². The van der Waals surface area contributed by atoms with Gasteiger partial charge >= 0.3 is 46.1 Å². The van der Waals surface area contributed by atoms with Crippen LogP contribution >= 0.6 is 11.8 Å². The number of allylic oxidation sites excluding steroid dienone is 2. The predicted octanol–water partition coefficient (Wildman–Crippen LogP) is 5.50. The maximum Gasteiger partial charge on any atom is 2.00 e. The first-order valence-corrected chi connectivity index (χ1v) is 12.9. The Kier molecular flexibility index (Phi) is 22.2. The summed E-state index contributed by atoms with van der Waals surface area (Å²) in [5.41, 5.74) is 0.650. The second kappa shape index (κ2) is 23.5. The van der Waals surface area contributed by atoms with E-state index in [1.165, 1.54) is 11.8 Å². The third-order valence-corrected chi connectivity index (χ3v) is 5.09. The van der Waals surface area contributed by atoms with Crippen molar-refractivity contribution < 1.29 is 54.6 Å². The van der Waals surface area contributed by atoms with Crippen molar-refractivity contribution in [2.45, 2.75) is 13.8 Å². The molecule has 4 nitrogen and oxygen atoms in total. The Morgan fingerprint density at radius 2 is 1.03 bits per heavy atom. The van der Waals surface area contributed by atoms with E-state index in [2.05, 4.69) is 0 Å². The summed E-state index contributed by atoms with van der Waals surface area (Å²) in [6.45, 7) is 3.60. The fourth-order valence-electron chi connectivity index (χ4n) is 3.19. The van der Waals surface area contributed by atoms with E-state index < -0.39 is 11.9 Å². The van der Waals surface area contributed by atoms with Crippen LogP contribution in [0.25, 0.3) is 0 Å². The van der Waals surface area contributed by atoms with Gasteiger partial charge in [-0.3, -0.25) is 0 Å².